The average Bonchev–Trinajstić information content (AvgIpc) is 2.76. The normalized spacial score (nSPS) is 16.2. The Morgan fingerprint density at radius 2 is 1.29 bits per heavy atom. The van der Waals surface area contributed by atoms with E-state index in [1.807, 2.05) is 0 Å². The van der Waals surface area contributed by atoms with Gasteiger partial charge >= 0.3 is 0 Å². The van der Waals surface area contributed by atoms with Crippen molar-refractivity contribution in [3.05, 3.63) is 18.1 Å². The molecule has 0 saturated carbocycles. The molecule has 0 aromatic rings. The molecule has 1 aliphatic heterocycles. The summed E-state index contributed by atoms with van der Waals surface area (Å²) in [6, 6.07) is 1.30. The molecule has 1 fully saturated rings. The lowest BCUT2D eigenvalue weighted by Crippen LogP contribution is -2.35. The van der Waals surface area contributed by atoms with Gasteiger partial charge in [-0.3, -0.25) is 0 Å². The molecule has 17 heavy (non-hydrogen) atoms. The van der Waals surface area contributed by atoms with E-state index in [1.54, 1.807) is 0 Å². The molecule has 1 saturated heterocycles. The van der Waals surface area contributed by atoms with Gasteiger partial charge in [0.05, 0.1) is 0 Å². The molecule has 0 unspecified atom stereocenters. The molecular formula is C15H28N2. The van der Waals surface area contributed by atoms with Gasteiger partial charge in [-0.05, 0) is 25.7 Å². The van der Waals surface area contributed by atoms with Crippen LogP contribution in [0, 0.1) is 0 Å². The Kier molecular flexibility index (Phi) is 5.64. The first-order valence-corrected chi connectivity index (χ1v) is 7.16. The number of rotatable bonds is 6. The van der Waals surface area contributed by atoms with Crippen LogP contribution in [-0.2, 0) is 0 Å². The zero-order valence-corrected chi connectivity index (χ0v) is 12.0. The van der Waals surface area contributed by atoms with Crippen molar-refractivity contribution < 1.29 is 0 Å². The van der Waals surface area contributed by atoms with Gasteiger partial charge in [-0.1, -0.05) is 40.0 Å². The largest absolute Gasteiger partial charge is 0.347 e. The average molecular weight is 236 g/mol. The van der Waals surface area contributed by atoms with Crippen molar-refractivity contribution in [3.63, 3.8) is 0 Å². The molecule has 0 aromatic heterocycles. The minimum Gasteiger partial charge on any atom is -0.347 e. The van der Waals surface area contributed by atoms with Gasteiger partial charge in [-0.15, -0.1) is 0 Å². The monoisotopic (exact) mass is 236 g/mol. The highest BCUT2D eigenvalue weighted by Gasteiger charge is 2.31. The van der Waals surface area contributed by atoms with E-state index < -0.39 is 0 Å². The Hall–Kier alpha value is -0.880. The van der Waals surface area contributed by atoms with Crippen LogP contribution in [0.15, 0.2) is 18.1 Å². The third-order valence-corrected chi connectivity index (χ3v) is 4.05. The summed E-state index contributed by atoms with van der Waals surface area (Å²) in [4.78, 5) is 5.01. The van der Waals surface area contributed by atoms with E-state index in [-0.39, 0.29) is 0 Å². The lowest BCUT2D eigenvalue weighted by Gasteiger charge is -2.33. The minimum absolute atomic E-state index is 0.651. The molecule has 0 bridgehead atoms. The second-order valence-corrected chi connectivity index (χ2v) is 4.83. The predicted octanol–water partition coefficient (Wildman–Crippen LogP) is 3.61. The first kappa shape index (κ1) is 14.2. The Morgan fingerprint density at radius 3 is 1.53 bits per heavy atom. The third-order valence-electron chi connectivity index (χ3n) is 4.05. The molecule has 2 nitrogen and oxygen atoms in total. The first-order chi connectivity index (χ1) is 8.23. The second kappa shape index (κ2) is 6.76. The highest BCUT2D eigenvalue weighted by atomic mass is 15.4. The van der Waals surface area contributed by atoms with Crippen molar-refractivity contribution in [1.82, 2.24) is 9.80 Å². The fraction of sp³-hybridized carbons (Fsp3) is 0.800. The molecule has 1 rings (SSSR count). The van der Waals surface area contributed by atoms with E-state index in [9.17, 15) is 0 Å². The molecule has 2 heteroatoms. The molecule has 0 aliphatic carbocycles. The molecule has 1 heterocycles. The van der Waals surface area contributed by atoms with E-state index in [0.717, 1.165) is 13.1 Å². The Morgan fingerprint density at radius 1 is 0.941 bits per heavy atom. The Balaban J connectivity index is 2.84. The van der Waals surface area contributed by atoms with E-state index in [4.69, 9.17) is 0 Å². The van der Waals surface area contributed by atoms with Crippen LogP contribution in [0.25, 0.3) is 0 Å². The second-order valence-electron chi connectivity index (χ2n) is 4.83. The van der Waals surface area contributed by atoms with E-state index in [2.05, 4.69) is 49.8 Å². The van der Waals surface area contributed by atoms with Crippen LogP contribution in [0.4, 0.5) is 0 Å². The SMILES string of the molecule is C=C=C1N(C(CC)CC)CCN1C(CC)CC. The molecule has 1 aliphatic rings. The molecule has 0 atom stereocenters. The summed E-state index contributed by atoms with van der Waals surface area (Å²) < 4.78 is 0. The van der Waals surface area contributed by atoms with E-state index in [1.165, 1.54) is 31.5 Å². The zero-order chi connectivity index (χ0) is 12.8. The molecule has 0 amide bonds. The number of nitrogens with zero attached hydrogens (tertiary/aromatic N) is 2. The van der Waals surface area contributed by atoms with Crippen molar-refractivity contribution in [1.29, 1.82) is 0 Å². The van der Waals surface area contributed by atoms with Gasteiger partial charge in [-0.25, -0.2) is 0 Å². The Labute approximate surface area is 107 Å². The summed E-state index contributed by atoms with van der Waals surface area (Å²) in [5.41, 5.74) is 3.18. The standard InChI is InChI=1S/C15H28N2/c1-6-13(7-2)16-11-12-17(15(16)10-5)14(8-3)9-4/h13-14H,5-9,11-12H2,1-4H3. The van der Waals surface area contributed by atoms with Crippen LogP contribution < -0.4 is 0 Å². The fourth-order valence-electron chi connectivity index (χ4n) is 2.97. The lowest BCUT2D eigenvalue weighted by molar-refractivity contribution is 0.220. The third kappa shape index (κ3) is 2.87. The maximum atomic E-state index is 3.90. The van der Waals surface area contributed by atoms with Gasteiger partial charge in [0.15, 0.2) is 0 Å². The summed E-state index contributed by atoms with van der Waals surface area (Å²) in [7, 11) is 0. The van der Waals surface area contributed by atoms with Crippen molar-refractivity contribution >= 4 is 0 Å². The summed E-state index contributed by atoms with van der Waals surface area (Å²) in [5.74, 6) is 1.24. The van der Waals surface area contributed by atoms with Gasteiger partial charge < -0.3 is 9.80 Å². The van der Waals surface area contributed by atoms with Crippen LogP contribution in [-0.4, -0.2) is 35.0 Å². The first-order valence-electron chi connectivity index (χ1n) is 7.16. The maximum Gasteiger partial charge on any atom is 0.149 e. The summed E-state index contributed by atoms with van der Waals surface area (Å²) in [5, 5.41) is 0. The minimum atomic E-state index is 0.651. The van der Waals surface area contributed by atoms with Crippen molar-refractivity contribution in [3.8, 4) is 0 Å². The van der Waals surface area contributed by atoms with Crippen LogP contribution in [0.3, 0.4) is 0 Å². The van der Waals surface area contributed by atoms with E-state index >= 15 is 0 Å². The fourth-order valence-corrected chi connectivity index (χ4v) is 2.97. The molecule has 0 radical (unpaired) electrons. The van der Waals surface area contributed by atoms with Gasteiger partial charge in [0.1, 0.15) is 5.82 Å². The highest BCUT2D eigenvalue weighted by molar-refractivity contribution is 5.07. The van der Waals surface area contributed by atoms with Crippen LogP contribution in [0.1, 0.15) is 53.4 Å². The van der Waals surface area contributed by atoms with Gasteiger partial charge in [0, 0.05) is 25.2 Å². The molecular weight excluding hydrogens is 208 g/mol. The van der Waals surface area contributed by atoms with Crippen molar-refractivity contribution in [2.75, 3.05) is 13.1 Å². The lowest BCUT2D eigenvalue weighted by atomic mass is 10.1. The van der Waals surface area contributed by atoms with Crippen LogP contribution in [0.5, 0.6) is 0 Å². The van der Waals surface area contributed by atoms with Gasteiger partial charge in [0.25, 0.3) is 0 Å². The summed E-state index contributed by atoms with van der Waals surface area (Å²) in [6.07, 6.45) is 4.83. The predicted molar refractivity (Wildman–Crippen MR) is 74.8 cm³/mol. The van der Waals surface area contributed by atoms with Gasteiger partial charge in [0.2, 0.25) is 0 Å². The number of hydrogen-bond donors (Lipinski definition) is 0. The molecule has 0 aromatic carbocycles. The van der Waals surface area contributed by atoms with Crippen LogP contribution in [0.2, 0.25) is 0 Å². The van der Waals surface area contributed by atoms with Crippen molar-refractivity contribution in [2.45, 2.75) is 65.5 Å². The quantitative estimate of drug-likeness (QED) is 0.650. The molecule has 0 N–H and O–H groups in total. The topological polar surface area (TPSA) is 6.48 Å². The van der Waals surface area contributed by atoms with Crippen molar-refractivity contribution in [2.24, 2.45) is 0 Å². The molecule has 98 valence electrons. The van der Waals surface area contributed by atoms with Gasteiger partial charge in [-0.2, -0.15) is 0 Å². The number of hydrogen-bond acceptors (Lipinski definition) is 2. The smallest absolute Gasteiger partial charge is 0.149 e. The van der Waals surface area contributed by atoms with E-state index in [0.29, 0.717) is 12.1 Å². The Bertz CT molecular complexity index is 249. The maximum absolute atomic E-state index is 3.90. The highest BCUT2D eigenvalue weighted by Crippen LogP contribution is 2.27. The summed E-state index contributed by atoms with van der Waals surface area (Å²) >= 11 is 0. The molecule has 0 spiro atoms. The van der Waals surface area contributed by atoms with Crippen LogP contribution >= 0.6 is 0 Å². The zero-order valence-electron chi connectivity index (χ0n) is 12.0. The summed E-state index contributed by atoms with van der Waals surface area (Å²) in [6.45, 7) is 15.3.